The van der Waals surface area contributed by atoms with E-state index in [4.69, 9.17) is 10.6 Å². The lowest BCUT2D eigenvalue weighted by Gasteiger charge is -2.16. The molecule has 1 unspecified atom stereocenters. The van der Waals surface area contributed by atoms with Gasteiger partial charge in [-0.3, -0.25) is 11.3 Å². The Morgan fingerprint density at radius 3 is 2.47 bits per heavy atom. The Balaban J connectivity index is 2.08. The molecule has 0 aromatic heterocycles. The summed E-state index contributed by atoms with van der Waals surface area (Å²) < 4.78 is 5.69. The second-order valence-electron chi connectivity index (χ2n) is 5.02. The summed E-state index contributed by atoms with van der Waals surface area (Å²) in [5, 5.41) is 0. The molecule has 3 N–H and O–H groups in total. The number of nitrogens with two attached hydrogens (primary N) is 1. The quantitative estimate of drug-likeness (QED) is 0.364. The van der Waals surface area contributed by atoms with Crippen LogP contribution in [0.4, 0.5) is 0 Å². The molecule has 0 bridgehead atoms. The van der Waals surface area contributed by atoms with Gasteiger partial charge in [-0.05, 0) is 25.0 Å². The van der Waals surface area contributed by atoms with Gasteiger partial charge < -0.3 is 4.74 Å². The number of nitrogens with one attached hydrogen (secondary N) is 1. The molecule has 0 saturated heterocycles. The highest BCUT2D eigenvalue weighted by Crippen LogP contribution is 2.11. The minimum absolute atomic E-state index is 0.366. The third-order valence-corrected chi connectivity index (χ3v) is 3.37. The molecule has 0 spiro atoms. The summed E-state index contributed by atoms with van der Waals surface area (Å²) in [6.45, 7) is 2.96. The first-order valence-electron chi connectivity index (χ1n) is 7.50. The first-order chi connectivity index (χ1) is 9.36. The lowest BCUT2D eigenvalue weighted by molar-refractivity contribution is 0.279. The zero-order chi connectivity index (χ0) is 13.8. The summed E-state index contributed by atoms with van der Waals surface area (Å²) in [4.78, 5) is 0. The molecule has 0 amide bonds. The van der Waals surface area contributed by atoms with E-state index in [-0.39, 0.29) is 0 Å². The molecule has 0 aliphatic heterocycles. The predicted octanol–water partition coefficient (Wildman–Crippen LogP) is 3.65. The molecule has 0 heterocycles. The summed E-state index contributed by atoms with van der Waals surface area (Å²) in [7, 11) is 0. The van der Waals surface area contributed by atoms with Crippen molar-refractivity contribution >= 4 is 0 Å². The van der Waals surface area contributed by atoms with E-state index in [0.29, 0.717) is 12.6 Å². The highest BCUT2D eigenvalue weighted by Gasteiger charge is 2.06. The lowest BCUT2D eigenvalue weighted by atomic mass is 10.0. The second-order valence-corrected chi connectivity index (χ2v) is 5.02. The van der Waals surface area contributed by atoms with Crippen LogP contribution in [-0.4, -0.2) is 12.6 Å². The van der Waals surface area contributed by atoms with Gasteiger partial charge in [-0.2, -0.15) is 0 Å². The topological polar surface area (TPSA) is 47.3 Å². The smallest absolute Gasteiger partial charge is 0.119 e. The molecule has 1 atom stereocenters. The highest BCUT2D eigenvalue weighted by atomic mass is 16.5. The van der Waals surface area contributed by atoms with Crippen molar-refractivity contribution < 1.29 is 4.74 Å². The third-order valence-electron chi connectivity index (χ3n) is 3.37. The van der Waals surface area contributed by atoms with Crippen LogP contribution in [0.2, 0.25) is 0 Å². The molecular formula is C16H28N2O. The second kappa shape index (κ2) is 10.8. The third kappa shape index (κ3) is 7.85. The predicted molar refractivity (Wildman–Crippen MR) is 81.0 cm³/mol. The summed E-state index contributed by atoms with van der Waals surface area (Å²) in [5.74, 6) is 6.52. The number of hydrogen-bond donors (Lipinski definition) is 2. The van der Waals surface area contributed by atoms with Crippen molar-refractivity contribution in [3.05, 3.63) is 30.3 Å². The van der Waals surface area contributed by atoms with E-state index in [1.165, 1.54) is 32.1 Å². The van der Waals surface area contributed by atoms with Crippen LogP contribution in [0.1, 0.15) is 51.9 Å². The Bertz CT molecular complexity index is 303. The molecule has 1 rings (SSSR count). The maximum atomic E-state index is 5.69. The molecular weight excluding hydrogens is 236 g/mol. The molecule has 1 aromatic carbocycles. The van der Waals surface area contributed by atoms with Crippen molar-refractivity contribution in [2.45, 2.75) is 57.9 Å². The molecule has 0 radical (unpaired) electrons. The molecule has 0 saturated carbocycles. The van der Waals surface area contributed by atoms with E-state index in [2.05, 4.69) is 12.3 Å². The van der Waals surface area contributed by atoms with E-state index in [1.54, 1.807) is 0 Å². The Morgan fingerprint density at radius 1 is 1.05 bits per heavy atom. The fraction of sp³-hybridized carbons (Fsp3) is 0.625. The van der Waals surface area contributed by atoms with Crippen LogP contribution in [0, 0.1) is 0 Å². The maximum absolute atomic E-state index is 5.69. The fourth-order valence-electron chi connectivity index (χ4n) is 2.14. The van der Waals surface area contributed by atoms with Gasteiger partial charge >= 0.3 is 0 Å². The van der Waals surface area contributed by atoms with Gasteiger partial charge in [-0.25, -0.2) is 0 Å². The van der Waals surface area contributed by atoms with Gasteiger partial charge in [-0.15, -0.1) is 0 Å². The van der Waals surface area contributed by atoms with Crippen molar-refractivity contribution in [3.63, 3.8) is 0 Å². The molecule has 0 aliphatic rings. The summed E-state index contributed by atoms with van der Waals surface area (Å²) in [6, 6.07) is 10.3. The van der Waals surface area contributed by atoms with E-state index in [0.717, 1.165) is 18.6 Å². The fourth-order valence-corrected chi connectivity index (χ4v) is 2.14. The molecule has 3 heteroatoms. The Morgan fingerprint density at radius 2 is 1.79 bits per heavy atom. The Hall–Kier alpha value is -1.06. The zero-order valence-corrected chi connectivity index (χ0v) is 12.1. The molecule has 19 heavy (non-hydrogen) atoms. The molecule has 0 aliphatic carbocycles. The van der Waals surface area contributed by atoms with E-state index >= 15 is 0 Å². The van der Waals surface area contributed by atoms with E-state index < -0.39 is 0 Å². The van der Waals surface area contributed by atoms with Crippen LogP contribution >= 0.6 is 0 Å². The van der Waals surface area contributed by atoms with E-state index in [1.807, 2.05) is 30.3 Å². The molecule has 1 aromatic rings. The Kier molecular flexibility index (Phi) is 9.11. The van der Waals surface area contributed by atoms with Gasteiger partial charge in [-0.1, -0.05) is 57.2 Å². The highest BCUT2D eigenvalue weighted by molar-refractivity contribution is 5.20. The summed E-state index contributed by atoms with van der Waals surface area (Å²) in [6.07, 6.45) is 8.64. The number of hydrogen-bond acceptors (Lipinski definition) is 3. The van der Waals surface area contributed by atoms with Crippen LogP contribution in [-0.2, 0) is 0 Å². The van der Waals surface area contributed by atoms with Crippen LogP contribution in [0.25, 0.3) is 0 Å². The average Bonchev–Trinajstić information content (AvgIpc) is 2.46. The summed E-state index contributed by atoms with van der Waals surface area (Å²) >= 11 is 0. The van der Waals surface area contributed by atoms with Gasteiger partial charge in [0.05, 0.1) is 6.61 Å². The van der Waals surface area contributed by atoms with Crippen molar-refractivity contribution in [1.82, 2.24) is 5.43 Å². The maximum Gasteiger partial charge on any atom is 0.119 e. The van der Waals surface area contributed by atoms with Crippen LogP contribution in [0.15, 0.2) is 30.3 Å². The number of rotatable bonds is 11. The number of unbranched alkanes of at least 4 members (excludes halogenated alkanes) is 4. The molecule has 108 valence electrons. The number of benzene rings is 1. The van der Waals surface area contributed by atoms with Crippen molar-refractivity contribution in [2.24, 2.45) is 5.84 Å². The number of ether oxygens (including phenoxy) is 1. The van der Waals surface area contributed by atoms with Gasteiger partial charge in [0.2, 0.25) is 0 Å². The first kappa shape index (κ1) is 16.0. The monoisotopic (exact) mass is 264 g/mol. The minimum atomic E-state index is 0.366. The SMILES string of the molecule is CCCCCCCC(CCOc1ccccc1)NN. The standard InChI is InChI=1S/C16H28N2O/c1-2-3-4-5-7-10-15(18-17)13-14-19-16-11-8-6-9-12-16/h6,8-9,11-12,15,18H,2-5,7,10,13-14,17H2,1H3. The van der Waals surface area contributed by atoms with Gasteiger partial charge in [0.25, 0.3) is 0 Å². The van der Waals surface area contributed by atoms with Crippen LogP contribution in [0.3, 0.4) is 0 Å². The lowest BCUT2D eigenvalue weighted by Crippen LogP contribution is -2.36. The van der Waals surface area contributed by atoms with Gasteiger partial charge in [0, 0.05) is 6.04 Å². The van der Waals surface area contributed by atoms with E-state index in [9.17, 15) is 0 Å². The van der Waals surface area contributed by atoms with Gasteiger partial charge in [0.15, 0.2) is 0 Å². The average molecular weight is 264 g/mol. The van der Waals surface area contributed by atoms with Crippen LogP contribution < -0.4 is 16.0 Å². The minimum Gasteiger partial charge on any atom is -0.494 e. The number of para-hydroxylation sites is 1. The first-order valence-corrected chi connectivity index (χ1v) is 7.50. The molecule has 0 fully saturated rings. The largest absolute Gasteiger partial charge is 0.494 e. The number of hydrazine groups is 1. The van der Waals surface area contributed by atoms with Crippen molar-refractivity contribution in [3.8, 4) is 5.75 Å². The summed E-state index contributed by atoms with van der Waals surface area (Å²) in [5.41, 5.74) is 2.90. The molecule has 3 nitrogen and oxygen atoms in total. The van der Waals surface area contributed by atoms with Gasteiger partial charge in [0.1, 0.15) is 5.75 Å². The normalized spacial score (nSPS) is 12.3. The van der Waals surface area contributed by atoms with Crippen molar-refractivity contribution in [1.29, 1.82) is 0 Å². The van der Waals surface area contributed by atoms with Crippen molar-refractivity contribution in [2.75, 3.05) is 6.61 Å². The Labute approximate surface area is 117 Å². The zero-order valence-electron chi connectivity index (χ0n) is 12.1. The van der Waals surface area contributed by atoms with Crippen LogP contribution in [0.5, 0.6) is 5.75 Å².